The molecule has 2 aliphatic carbocycles. The Morgan fingerprint density at radius 1 is 1.09 bits per heavy atom. The summed E-state index contributed by atoms with van der Waals surface area (Å²) in [5.74, 6) is -0.0180. The summed E-state index contributed by atoms with van der Waals surface area (Å²) in [5, 5.41) is 22.0. The number of ether oxygens (including phenoxy) is 1. The lowest BCUT2D eigenvalue weighted by molar-refractivity contribution is -0.136. The Hall–Kier alpha value is -2.93. The molecule has 0 radical (unpaired) electrons. The predicted octanol–water partition coefficient (Wildman–Crippen LogP) is 3.59. The summed E-state index contributed by atoms with van der Waals surface area (Å²) in [7, 11) is 0. The van der Waals surface area contributed by atoms with Gasteiger partial charge in [0.15, 0.2) is 0 Å². The van der Waals surface area contributed by atoms with Crippen LogP contribution in [0.5, 0.6) is 5.88 Å². The van der Waals surface area contributed by atoms with Crippen LogP contribution in [0, 0.1) is 5.92 Å². The number of amides is 1. The molecule has 32 heavy (non-hydrogen) atoms. The van der Waals surface area contributed by atoms with Gasteiger partial charge >= 0.3 is 5.97 Å². The number of aliphatic carboxylic acids is 1. The molecular formula is C25H30N2O5. The van der Waals surface area contributed by atoms with Gasteiger partial charge < -0.3 is 20.3 Å². The van der Waals surface area contributed by atoms with Crippen molar-refractivity contribution >= 4 is 11.9 Å². The van der Waals surface area contributed by atoms with E-state index >= 15 is 0 Å². The molecule has 3 N–H and O–H groups in total. The molecular weight excluding hydrogens is 408 g/mol. The Kier molecular flexibility index (Phi) is 7.05. The highest BCUT2D eigenvalue weighted by molar-refractivity contribution is 5.95. The maximum absolute atomic E-state index is 12.9. The summed E-state index contributed by atoms with van der Waals surface area (Å²) >= 11 is 0. The predicted molar refractivity (Wildman–Crippen MR) is 120 cm³/mol. The number of aromatic nitrogens is 1. The summed E-state index contributed by atoms with van der Waals surface area (Å²) in [6.45, 7) is 0.608. The standard InChI is InChI=1S/C25H30N2O5/c28-22-4-2-1-3-21(22)27-24(31)19-13-20(25(26-14-19)32-15-17-5-6-17)18-10-7-16(8-11-18)9-12-23(29)30/h7-8,10-11,13-14,17,21-22,28H,1-6,9,12,15H2,(H,27,31)(H,29,30). The van der Waals surface area contributed by atoms with Crippen molar-refractivity contribution in [3.8, 4) is 17.0 Å². The lowest BCUT2D eigenvalue weighted by Crippen LogP contribution is -2.45. The van der Waals surface area contributed by atoms with E-state index in [0.717, 1.165) is 48.8 Å². The Bertz CT molecular complexity index is 955. The second-order valence-electron chi connectivity index (χ2n) is 8.85. The van der Waals surface area contributed by atoms with Crippen LogP contribution in [0.2, 0.25) is 0 Å². The molecule has 0 aliphatic heterocycles. The van der Waals surface area contributed by atoms with E-state index in [2.05, 4.69) is 10.3 Å². The number of carbonyl (C=O) groups excluding carboxylic acids is 1. The molecule has 2 fully saturated rings. The number of nitrogens with one attached hydrogen (secondary N) is 1. The first-order valence-corrected chi connectivity index (χ1v) is 11.4. The lowest BCUT2D eigenvalue weighted by atomic mass is 9.92. The number of pyridine rings is 1. The van der Waals surface area contributed by atoms with Gasteiger partial charge in [-0.1, -0.05) is 37.1 Å². The summed E-state index contributed by atoms with van der Waals surface area (Å²) in [6, 6.07) is 9.16. The number of nitrogens with zero attached hydrogens (tertiary/aromatic N) is 1. The molecule has 7 heteroatoms. The third-order valence-electron chi connectivity index (χ3n) is 6.20. The highest BCUT2D eigenvalue weighted by Gasteiger charge is 2.26. The minimum Gasteiger partial charge on any atom is -0.481 e. The first kappa shape index (κ1) is 22.3. The van der Waals surface area contributed by atoms with Crippen LogP contribution in [-0.4, -0.2) is 45.8 Å². The van der Waals surface area contributed by atoms with Gasteiger partial charge in [0.2, 0.25) is 5.88 Å². The molecule has 2 aromatic rings. The number of carboxylic acids is 1. The normalized spacial score (nSPS) is 20.5. The molecule has 2 aliphatic rings. The van der Waals surface area contributed by atoms with Crippen LogP contribution in [0.25, 0.3) is 11.1 Å². The van der Waals surface area contributed by atoms with E-state index in [1.807, 2.05) is 24.3 Å². The molecule has 4 rings (SSSR count). The second-order valence-corrected chi connectivity index (χ2v) is 8.85. The monoisotopic (exact) mass is 438 g/mol. The fourth-order valence-corrected chi connectivity index (χ4v) is 4.01. The lowest BCUT2D eigenvalue weighted by Gasteiger charge is -2.28. The van der Waals surface area contributed by atoms with Crippen molar-refractivity contribution in [3.63, 3.8) is 0 Å². The highest BCUT2D eigenvalue weighted by atomic mass is 16.5. The SMILES string of the molecule is O=C(O)CCc1ccc(-c2cc(C(=O)NC3CCCCC3O)cnc2OCC2CC2)cc1. The number of aliphatic hydroxyl groups excluding tert-OH is 1. The van der Waals surface area contributed by atoms with Crippen molar-refractivity contribution in [1.82, 2.24) is 10.3 Å². The van der Waals surface area contributed by atoms with Crippen LogP contribution < -0.4 is 10.1 Å². The van der Waals surface area contributed by atoms with Crippen LogP contribution in [0.15, 0.2) is 36.5 Å². The van der Waals surface area contributed by atoms with E-state index in [9.17, 15) is 14.7 Å². The molecule has 1 aromatic carbocycles. The molecule has 2 saturated carbocycles. The molecule has 1 amide bonds. The first-order valence-electron chi connectivity index (χ1n) is 11.4. The molecule has 1 heterocycles. The van der Waals surface area contributed by atoms with Crippen LogP contribution in [-0.2, 0) is 11.2 Å². The van der Waals surface area contributed by atoms with Crippen molar-refractivity contribution in [3.05, 3.63) is 47.7 Å². The molecule has 7 nitrogen and oxygen atoms in total. The zero-order chi connectivity index (χ0) is 22.5. The van der Waals surface area contributed by atoms with Gasteiger partial charge in [-0.15, -0.1) is 0 Å². The Morgan fingerprint density at radius 2 is 1.84 bits per heavy atom. The largest absolute Gasteiger partial charge is 0.481 e. The van der Waals surface area contributed by atoms with E-state index in [-0.39, 0.29) is 18.4 Å². The number of hydrogen-bond acceptors (Lipinski definition) is 5. The minimum absolute atomic E-state index is 0.0827. The van der Waals surface area contributed by atoms with E-state index < -0.39 is 12.1 Å². The molecule has 1 aromatic heterocycles. The van der Waals surface area contributed by atoms with Gasteiger partial charge in [0.05, 0.1) is 24.3 Å². The highest BCUT2D eigenvalue weighted by Crippen LogP contribution is 2.33. The smallest absolute Gasteiger partial charge is 0.303 e. The van der Waals surface area contributed by atoms with Gasteiger partial charge in [0.25, 0.3) is 5.91 Å². The van der Waals surface area contributed by atoms with Crippen LogP contribution >= 0.6 is 0 Å². The Balaban J connectivity index is 1.54. The van der Waals surface area contributed by atoms with E-state index in [4.69, 9.17) is 9.84 Å². The van der Waals surface area contributed by atoms with Gasteiger partial charge in [0.1, 0.15) is 0 Å². The van der Waals surface area contributed by atoms with Crippen molar-refractivity contribution < 1.29 is 24.5 Å². The van der Waals surface area contributed by atoms with Crippen LogP contribution in [0.4, 0.5) is 0 Å². The van der Waals surface area contributed by atoms with E-state index in [1.54, 1.807) is 6.07 Å². The molecule has 0 spiro atoms. The maximum atomic E-state index is 12.9. The molecule has 2 atom stereocenters. The van der Waals surface area contributed by atoms with Gasteiger partial charge in [0, 0.05) is 18.2 Å². The molecule has 2 unspecified atom stereocenters. The van der Waals surface area contributed by atoms with Gasteiger partial charge in [-0.05, 0) is 55.2 Å². The summed E-state index contributed by atoms with van der Waals surface area (Å²) in [5.41, 5.74) is 2.94. The van der Waals surface area contributed by atoms with E-state index in [0.29, 0.717) is 36.8 Å². The van der Waals surface area contributed by atoms with Crippen LogP contribution in [0.3, 0.4) is 0 Å². The van der Waals surface area contributed by atoms with Crippen LogP contribution in [0.1, 0.15) is 60.9 Å². The Labute approximate surface area is 187 Å². The number of benzene rings is 1. The zero-order valence-corrected chi connectivity index (χ0v) is 18.1. The molecule has 170 valence electrons. The maximum Gasteiger partial charge on any atom is 0.303 e. The zero-order valence-electron chi connectivity index (χ0n) is 18.1. The Morgan fingerprint density at radius 3 is 2.53 bits per heavy atom. The summed E-state index contributed by atoms with van der Waals surface area (Å²) in [6.07, 6.45) is 7.34. The number of aliphatic hydroxyl groups is 1. The first-order chi connectivity index (χ1) is 15.5. The third-order valence-corrected chi connectivity index (χ3v) is 6.20. The average molecular weight is 439 g/mol. The second kappa shape index (κ2) is 10.1. The number of rotatable bonds is 9. The fraction of sp³-hybridized carbons (Fsp3) is 0.480. The van der Waals surface area contributed by atoms with Gasteiger partial charge in [-0.2, -0.15) is 0 Å². The quantitative estimate of drug-likeness (QED) is 0.552. The van der Waals surface area contributed by atoms with Crippen molar-refractivity contribution in [2.45, 2.75) is 63.5 Å². The van der Waals surface area contributed by atoms with Gasteiger partial charge in [-0.3, -0.25) is 9.59 Å². The fourth-order valence-electron chi connectivity index (χ4n) is 4.01. The topological polar surface area (TPSA) is 109 Å². The summed E-state index contributed by atoms with van der Waals surface area (Å²) < 4.78 is 5.97. The third kappa shape index (κ3) is 5.85. The number of carboxylic acid groups (broad SMARTS) is 1. The van der Waals surface area contributed by atoms with Gasteiger partial charge in [-0.25, -0.2) is 4.98 Å². The number of aryl methyl sites for hydroxylation is 1. The van der Waals surface area contributed by atoms with Crippen molar-refractivity contribution in [2.24, 2.45) is 5.92 Å². The number of carbonyl (C=O) groups is 2. The molecule has 0 saturated heterocycles. The molecule has 0 bridgehead atoms. The van der Waals surface area contributed by atoms with Crippen molar-refractivity contribution in [2.75, 3.05) is 6.61 Å². The minimum atomic E-state index is -0.823. The van der Waals surface area contributed by atoms with Crippen molar-refractivity contribution in [1.29, 1.82) is 0 Å². The number of hydrogen-bond donors (Lipinski definition) is 3. The summed E-state index contributed by atoms with van der Waals surface area (Å²) in [4.78, 5) is 28.1. The van der Waals surface area contributed by atoms with E-state index in [1.165, 1.54) is 6.20 Å². The average Bonchev–Trinajstić information content (AvgIpc) is 3.63.